The first kappa shape index (κ1) is 9.83. The lowest BCUT2D eigenvalue weighted by Gasteiger charge is -2.07. The molecule has 0 atom stereocenters. The molecular formula is C8H7F4N. The number of anilines is 1. The van der Waals surface area contributed by atoms with Crippen LogP contribution in [-0.2, 0) is 6.42 Å². The van der Waals surface area contributed by atoms with Gasteiger partial charge in [-0.2, -0.15) is 13.2 Å². The second kappa shape index (κ2) is 3.24. The average Bonchev–Trinajstić information content (AvgIpc) is 1.94. The zero-order valence-corrected chi connectivity index (χ0v) is 6.53. The molecule has 0 heterocycles. The van der Waals surface area contributed by atoms with Crippen molar-refractivity contribution < 1.29 is 17.6 Å². The van der Waals surface area contributed by atoms with Crippen LogP contribution >= 0.6 is 0 Å². The maximum Gasteiger partial charge on any atom is 0.393 e. The minimum Gasteiger partial charge on any atom is -0.399 e. The van der Waals surface area contributed by atoms with Gasteiger partial charge in [-0.3, -0.25) is 0 Å². The fourth-order valence-electron chi connectivity index (χ4n) is 0.946. The van der Waals surface area contributed by atoms with Crippen LogP contribution in [0.1, 0.15) is 5.56 Å². The van der Waals surface area contributed by atoms with E-state index in [1.807, 2.05) is 0 Å². The summed E-state index contributed by atoms with van der Waals surface area (Å²) in [5, 5.41) is 0. The first-order valence-electron chi connectivity index (χ1n) is 3.49. The highest BCUT2D eigenvalue weighted by atomic mass is 19.4. The molecule has 1 rings (SSSR count). The molecule has 0 radical (unpaired) electrons. The van der Waals surface area contributed by atoms with Crippen molar-refractivity contribution >= 4 is 5.69 Å². The highest BCUT2D eigenvalue weighted by Gasteiger charge is 2.29. The Morgan fingerprint density at radius 1 is 1.23 bits per heavy atom. The summed E-state index contributed by atoms with van der Waals surface area (Å²) in [5.74, 6) is -0.883. The average molecular weight is 193 g/mol. The maximum atomic E-state index is 12.7. The lowest BCUT2D eigenvalue weighted by atomic mass is 10.1. The Kier molecular flexibility index (Phi) is 2.45. The summed E-state index contributed by atoms with van der Waals surface area (Å²) in [4.78, 5) is 0. The quantitative estimate of drug-likeness (QED) is 0.538. The van der Waals surface area contributed by atoms with E-state index in [-0.39, 0.29) is 5.69 Å². The molecule has 5 heteroatoms. The summed E-state index contributed by atoms with van der Waals surface area (Å²) < 4.78 is 48.3. The molecule has 0 saturated heterocycles. The van der Waals surface area contributed by atoms with Crippen LogP contribution in [0.25, 0.3) is 0 Å². The molecule has 0 saturated carbocycles. The van der Waals surface area contributed by atoms with E-state index in [0.717, 1.165) is 12.1 Å². The van der Waals surface area contributed by atoms with Gasteiger partial charge in [-0.15, -0.1) is 0 Å². The van der Waals surface area contributed by atoms with Crippen molar-refractivity contribution in [2.45, 2.75) is 12.6 Å². The van der Waals surface area contributed by atoms with Crippen LogP contribution in [0.5, 0.6) is 0 Å². The Morgan fingerprint density at radius 2 is 1.85 bits per heavy atom. The van der Waals surface area contributed by atoms with E-state index in [4.69, 9.17) is 5.73 Å². The molecule has 0 aliphatic heterocycles. The molecule has 0 aliphatic rings. The third-order valence-corrected chi connectivity index (χ3v) is 1.46. The SMILES string of the molecule is Nc1ccc(F)c(CC(F)(F)F)c1. The molecule has 0 aliphatic carbocycles. The molecular weight excluding hydrogens is 186 g/mol. The Hall–Kier alpha value is -1.26. The van der Waals surface area contributed by atoms with Crippen molar-refractivity contribution in [2.24, 2.45) is 0 Å². The van der Waals surface area contributed by atoms with E-state index < -0.39 is 24.0 Å². The predicted molar refractivity (Wildman–Crippen MR) is 40.6 cm³/mol. The maximum absolute atomic E-state index is 12.7. The van der Waals surface area contributed by atoms with E-state index in [9.17, 15) is 17.6 Å². The highest BCUT2D eigenvalue weighted by Crippen LogP contribution is 2.23. The third kappa shape index (κ3) is 2.93. The number of benzene rings is 1. The first-order valence-corrected chi connectivity index (χ1v) is 3.49. The van der Waals surface area contributed by atoms with Crippen molar-refractivity contribution in [3.8, 4) is 0 Å². The molecule has 0 spiro atoms. The molecule has 1 aromatic carbocycles. The highest BCUT2D eigenvalue weighted by molar-refractivity contribution is 5.41. The lowest BCUT2D eigenvalue weighted by Crippen LogP contribution is -2.13. The van der Waals surface area contributed by atoms with Crippen molar-refractivity contribution in [3.63, 3.8) is 0 Å². The molecule has 0 aromatic heterocycles. The molecule has 0 bridgehead atoms. The molecule has 1 aromatic rings. The van der Waals surface area contributed by atoms with Gasteiger partial charge in [0, 0.05) is 5.69 Å². The van der Waals surface area contributed by atoms with Gasteiger partial charge >= 0.3 is 6.18 Å². The summed E-state index contributed by atoms with van der Waals surface area (Å²) in [6.07, 6.45) is -5.70. The minimum atomic E-state index is -4.41. The Bertz CT molecular complexity index is 306. The van der Waals surface area contributed by atoms with Gasteiger partial charge in [-0.25, -0.2) is 4.39 Å². The van der Waals surface area contributed by atoms with Gasteiger partial charge in [0.2, 0.25) is 0 Å². The second-order valence-electron chi connectivity index (χ2n) is 2.64. The topological polar surface area (TPSA) is 26.0 Å². The second-order valence-corrected chi connectivity index (χ2v) is 2.64. The summed E-state index contributed by atoms with van der Waals surface area (Å²) in [6, 6.07) is 3.13. The zero-order chi connectivity index (χ0) is 10.1. The fourth-order valence-corrected chi connectivity index (χ4v) is 0.946. The van der Waals surface area contributed by atoms with E-state index in [1.165, 1.54) is 6.07 Å². The van der Waals surface area contributed by atoms with Crippen LogP contribution < -0.4 is 5.73 Å². The number of alkyl halides is 3. The van der Waals surface area contributed by atoms with Crippen LogP contribution in [-0.4, -0.2) is 6.18 Å². The van der Waals surface area contributed by atoms with E-state index in [2.05, 4.69) is 0 Å². The van der Waals surface area contributed by atoms with Crippen LogP contribution in [0.4, 0.5) is 23.2 Å². The molecule has 0 fully saturated rings. The van der Waals surface area contributed by atoms with Crippen molar-refractivity contribution in [1.82, 2.24) is 0 Å². The van der Waals surface area contributed by atoms with Crippen LogP contribution in [0.2, 0.25) is 0 Å². The minimum absolute atomic E-state index is 0.126. The standard InChI is InChI=1S/C8H7F4N/c9-7-2-1-6(13)3-5(7)4-8(10,11)12/h1-3H,4,13H2. The number of hydrogen-bond acceptors (Lipinski definition) is 1. The van der Waals surface area contributed by atoms with Crippen molar-refractivity contribution in [1.29, 1.82) is 0 Å². The monoisotopic (exact) mass is 193 g/mol. The number of halogens is 4. The molecule has 1 nitrogen and oxygen atoms in total. The molecule has 0 unspecified atom stereocenters. The lowest BCUT2D eigenvalue weighted by molar-refractivity contribution is -0.127. The fraction of sp³-hybridized carbons (Fsp3) is 0.250. The molecule has 13 heavy (non-hydrogen) atoms. The number of nitrogens with two attached hydrogens (primary N) is 1. The first-order chi connectivity index (χ1) is 5.88. The number of nitrogen functional groups attached to an aromatic ring is 1. The van der Waals surface area contributed by atoms with Crippen LogP contribution in [0.3, 0.4) is 0 Å². The Morgan fingerprint density at radius 3 is 2.38 bits per heavy atom. The van der Waals surface area contributed by atoms with E-state index in [1.54, 1.807) is 0 Å². The normalized spacial score (nSPS) is 11.7. The van der Waals surface area contributed by atoms with Crippen LogP contribution in [0.15, 0.2) is 18.2 Å². The summed E-state index contributed by atoms with van der Waals surface area (Å²) in [5.41, 5.74) is 4.91. The van der Waals surface area contributed by atoms with Crippen LogP contribution in [0, 0.1) is 5.82 Å². The van der Waals surface area contributed by atoms with Gasteiger partial charge in [0.25, 0.3) is 0 Å². The van der Waals surface area contributed by atoms with Gasteiger partial charge in [-0.1, -0.05) is 0 Å². The van der Waals surface area contributed by atoms with E-state index >= 15 is 0 Å². The van der Waals surface area contributed by atoms with Gasteiger partial charge in [0.05, 0.1) is 6.42 Å². The number of rotatable bonds is 1. The molecule has 72 valence electrons. The zero-order valence-electron chi connectivity index (χ0n) is 6.53. The summed E-state index contributed by atoms with van der Waals surface area (Å²) in [6.45, 7) is 0. The van der Waals surface area contributed by atoms with Gasteiger partial charge in [-0.05, 0) is 23.8 Å². The van der Waals surface area contributed by atoms with E-state index in [0.29, 0.717) is 0 Å². The molecule has 2 N–H and O–H groups in total. The van der Waals surface area contributed by atoms with Gasteiger partial charge in [0.1, 0.15) is 5.82 Å². The summed E-state index contributed by atoms with van der Waals surface area (Å²) >= 11 is 0. The largest absolute Gasteiger partial charge is 0.399 e. The predicted octanol–water partition coefficient (Wildman–Crippen LogP) is 2.51. The smallest absolute Gasteiger partial charge is 0.393 e. The van der Waals surface area contributed by atoms with Crippen molar-refractivity contribution in [2.75, 3.05) is 5.73 Å². The Balaban J connectivity index is 2.94. The summed E-state index contributed by atoms with van der Waals surface area (Å²) in [7, 11) is 0. The number of hydrogen-bond donors (Lipinski definition) is 1. The van der Waals surface area contributed by atoms with Gasteiger partial charge in [0.15, 0.2) is 0 Å². The third-order valence-electron chi connectivity index (χ3n) is 1.46. The molecule has 0 amide bonds. The van der Waals surface area contributed by atoms with Crippen molar-refractivity contribution in [3.05, 3.63) is 29.6 Å². The van der Waals surface area contributed by atoms with Gasteiger partial charge < -0.3 is 5.73 Å². The Labute approximate surface area is 72.2 Å².